The highest BCUT2D eigenvalue weighted by Crippen LogP contribution is 2.25. The Morgan fingerprint density at radius 2 is 1.97 bits per heavy atom. The molecule has 0 bridgehead atoms. The summed E-state index contributed by atoms with van der Waals surface area (Å²) in [5, 5.41) is 12.8. The number of aromatic nitrogens is 4. The maximum Gasteiger partial charge on any atom is 0.417 e. The van der Waals surface area contributed by atoms with Crippen molar-refractivity contribution in [2.75, 3.05) is 13.2 Å². The highest BCUT2D eigenvalue weighted by Gasteiger charge is 2.35. The molecule has 2 heterocycles. The van der Waals surface area contributed by atoms with Crippen molar-refractivity contribution in [1.29, 1.82) is 0 Å². The molecule has 2 aromatic carbocycles. The smallest absolute Gasteiger partial charge is 0.417 e. The van der Waals surface area contributed by atoms with Crippen LogP contribution in [-0.4, -0.2) is 59.1 Å². The van der Waals surface area contributed by atoms with Crippen LogP contribution < -0.4 is 4.72 Å². The summed E-state index contributed by atoms with van der Waals surface area (Å²) in [6.45, 7) is -0.682. The van der Waals surface area contributed by atoms with Crippen LogP contribution >= 0.6 is 0 Å². The molecular formula is C18H15FN6O5S. The minimum atomic E-state index is -4.21. The Bertz CT molecular complexity index is 1200. The van der Waals surface area contributed by atoms with Gasteiger partial charge in [0.2, 0.25) is 15.8 Å². The van der Waals surface area contributed by atoms with Crippen LogP contribution in [0.3, 0.4) is 0 Å². The van der Waals surface area contributed by atoms with Gasteiger partial charge in [-0.2, -0.15) is 5.21 Å². The van der Waals surface area contributed by atoms with Crippen molar-refractivity contribution in [3.05, 3.63) is 59.9 Å². The fourth-order valence-corrected chi connectivity index (χ4v) is 4.25. The number of ether oxygens (including phenoxy) is 1. The van der Waals surface area contributed by atoms with Gasteiger partial charge < -0.3 is 4.74 Å². The van der Waals surface area contributed by atoms with Crippen molar-refractivity contribution in [3.63, 3.8) is 0 Å². The van der Waals surface area contributed by atoms with E-state index in [9.17, 15) is 22.4 Å². The van der Waals surface area contributed by atoms with E-state index in [0.29, 0.717) is 5.56 Å². The lowest BCUT2D eigenvalue weighted by molar-refractivity contribution is -0.126. The maximum atomic E-state index is 14.2. The second kappa shape index (κ2) is 8.20. The van der Waals surface area contributed by atoms with Crippen LogP contribution in [0, 0.1) is 5.82 Å². The molecule has 1 aromatic heterocycles. The van der Waals surface area contributed by atoms with Crippen LogP contribution in [-0.2, 0) is 19.6 Å². The number of hydrogen-bond donors (Lipinski definition) is 2. The number of imide groups is 1. The summed E-state index contributed by atoms with van der Waals surface area (Å²) < 4.78 is 47.5. The van der Waals surface area contributed by atoms with E-state index in [-0.39, 0.29) is 22.8 Å². The third-order valence-corrected chi connectivity index (χ3v) is 6.01. The number of rotatable bonds is 7. The summed E-state index contributed by atoms with van der Waals surface area (Å²) in [4.78, 5) is 24.4. The van der Waals surface area contributed by atoms with Gasteiger partial charge in [0.15, 0.2) is 6.61 Å². The zero-order valence-electron chi connectivity index (χ0n) is 15.7. The van der Waals surface area contributed by atoms with Crippen LogP contribution in [0.15, 0.2) is 53.4 Å². The number of amides is 2. The summed E-state index contributed by atoms with van der Waals surface area (Å²) in [5.74, 6) is -1.42. The van der Waals surface area contributed by atoms with E-state index in [1.807, 2.05) is 0 Å². The Hall–Kier alpha value is -3.71. The van der Waals surface area contributed by atoms with Gasteiger partial charge in [-0.3, -0.25) is 4.79 Å². The molecule has 0 radical (unpaired) electrons. The molecule has 1 aliphatic heterocycles. The number of halogens is 1. The number of tetrazole rings is 1. The number of nitrogens with zero attached hydrogens (tertiary/aromatic N) is 4. The first-order valence-electron chi connectivity index (χ1n) is 8.93. The minimum Gasteiger partial charge on any atom is -0.439 e. The Labute approximate surface area is 175 Å². The molecule has 160 valence electrons. The Balaban J connectivity index is 1.67. The van der Waals surface area contributed by atoms with Gasteiger partial charge in [0.25, 0.3) is 5.91 Å². The summed E-state index contributed by atoms with van der Waals surface area (Å²) in [5.41, 5.74) is 0.352. The highest BCUT2D eigenvalue weighted by atomic mass is 32.2. The molecule has 0 aliphatic carbocycles. The summed E-state index contributed by atoms with van der Waals surface area (Å²) in [6, 6.07) is 10.6. The van der Waals surface area contributed by atoms with E-state index in [0.717, 1.165) is 23.1 Å². The quantitative estimate of drug-likeness (QED) is 0.546. The molecule has 31 heavy (non-hydrogen) atoms. The number of nitrogens with one attached hydrogen (secondary N) is 2. The Morgan fingerprint density at radius 1 is 1.19 bits per heavy atom. The van der Waals surface area contributed by atoms with Crippen molar-refractivity contribution in [1.82, 2.24) is 30.2 Å². The molecule has 1 saturated heterocycles. The van der Waals surface area contributed by atoms with E-state index in [1.54, 1.807) is 30.3 Å². The Morgan fingerprint density at radius 3 is 2.61 bits per heavy atom. The predicted molar refractivity (Wildman–Crippen MR) is 102 cm³/mol. The zero-order chi connectivity index (χ0) is 22.0. The van der Waals surface area contributed by atoms with Gasteiger partial charge in [-0.25, -0.2) is 27.2 Å². The van der Waals surface area contributed by atoms with Gasteiger partial charge in [0.05, 0.1) is 23.0 Å². The molecule has 0 spiro atoms. The predicted octanol–water partition coefficient (Wildman–Crippen LogP) is 1.00. The number of carbonyl (C=O) groups is 2. The van der Waals surface area contributed by atoms with Crippen molar-refractivity contribution in [3.8, 4) is 11.4 Å². The van der Waals surface area contributed by atoms with Crippen molar-refractivity contribution < 1.29 is 27.1 Å². The van der Waals surface area contributed by atoms with E-state index < -0.39 is 40.5 Å². The molecular weight excluding hydrogens is 431 g/mol. The average Bonchev–Trinajstić information content (AvgIpc) is 3.40. The van der Waals surface area contributed by atoms with E-state index >= 15 is 0 Å². The highest BCUT2D eigenvalue weighted by molar-refractivity contribution is 7.89. The number of sulfonamides is 1. The van der Waals surface area contributed by atoms with Gasteiger partial charge in [-0.15, -0.1) is 10.2 Å². The molecule has 4 rings (SSSR count). The maximum absolute atomic E-state index is 14.2. The lowest BCUT2D eigenvalue weighted by atomic mass is 10.1. The molecule has 13 heteroatoms. The number of benzene rings is 2. The molecule has 2 N–H and O–H groups in total. The first-order chi connectivity index (χ1) is 14.8. The van der Waals surface area contributed by atoms with E-state index in [1.165, 1.54) is 0 Å². The molecule has 0 saturated carbocycles. The number of cyclic esters (lactones) is 1. The van der Waals surface area contributed by atoms with Crippen LogP contribution in [0.2, 0.25) is 0 Å². The third kappa shape index (κ3) is 4.27. The fourth-order valence-electron chi connectivity index (χ4n) is 3.01. The first-order valence-corrected chi connectivity index (χ1v) is 10.4. The van der Waals surface area contributed by atoms with Gasteiger partial charge in [0, 0.05) is 0 Å². The SMILES string of the molecule is O=C1COC(=O)N1CC(NS(=O)(=O)c1ccc(F)c(-c2nn[nH]n2)c1)c1ccccc1. The topological polar surface area (TPSA) is 147 Å². The molecule has 2 amide bonds. The Kier molecular flexibility index (Phi) is 5.44. The van der Waals surface area contributed by atoms with Crippen LogP contribution in [0.4, 0.5) is 9.18 Å². The number of H-pyrrole nitrogens is 1. The number of aromatic amines is 1. The lowest BCUT2D eigenvalue weighted by Gasteiger charge is -2.22. The van der Waals surface area contributed by atoms with E-state index in [2.05, 4.69) is 25.3 Å². The molecule has 1 atom stereocenters. The minimum absolute atomic E-state index is 0.112. The summed E-state index contributed by atoms with van der Waals surface area (Å²) in [7, 11) is -4.21. The second-order valence-corrected chi connectivity index (χ2v) is 8.23. The molecule has 3 aromatic rings. The van der Waals surface area contributed by atoms with Gasteiger partial charge >= 0.3 is 6.09 Å². The van der Waals surface area contributed by atoms with Crippen molar-refractivity contribution >= 4 is 22.0 Å². The standard InChI is InChI=1S/C18H15FN6O5S/c19-14-7-6-12(8-13(14)17-20-23-24-21-17)31(28,29)22-15(11-4-2-1-3-5-11)9-25-16(26)10-30-18(25)27/h1-8,15,22H,9-10H2,(H,20,21,23,24). The lowest BCUT2D eigenvalue weighted by Crippen LogP contribution is -2.40. The van der Waals surface area contributed by atoms with Crippen LogP contribution in [0.1, 0.15) is 11.6 Å². The normalized spacial score (nSPS) is 15.2. The van der Waals surface area contributed by atoms with Crippen molar-refractivity contribution in [2.45, 2.75) is 10.9 Å². The van der Waals surface area contributed by atoms with Gasteiger partial charge in [0.1, 0.15) is 5.82 Å². The number of carbonyl (C=O) groups excluding carboxylic acids is 2. The molecule has 1 aliphatic rings. The summed E-state index contributed by atoms with van der Waals surface area (Å²) in [6.07, 6.45) is -0.855. The average molecular weight is 446 g/mol. The van der Waals surface area contributed by atoms with Crippen LogP contribution in [0.25, 0.3) is 11.4 Å². The van der Waals surface area contributed by atoms with E-state index in [4.69, 9.17) is 4.74 Å². The third-order valence-electron chi connectivity index (χ3n) is 4.54. The fraction of sp³-hybridized carbons (Fsp3) is 0.167. The molecule has 11 nitrogen and oxygen atoms in total. The molecule has 1 fully saturated rings. The van der Waals surface area contributed by atoms with Gasteiger partial charge in [-0.05, 0) is 29.0 Å². The van der Waals surface area contributed by atoms with Gasteiger partial charge in [-0.1, -0.05) is 30.3 Å². The zero-order valence-corrected chi connectivity index (χ0v) is 16.5. The monoisotopic (exact) mass is 446 g/mol. The summed E-state index contributed by atoms with van der Waals surface area (Å²) >= 11 is 0. The molecule has 1 unspecified atom stereocenters. The van der Waals surface area contributed by atoms with Crippen molar-refractivity contribution in [2.24, 2.45) is 0 Å². The first kappa shape index (κ1) is 20.6. The largest absolute Gasteiger partial charge is 0.439 e. The van der Waals surface area contributed by atoms with Crippen LogP contribution in [0.5, 0.6) is 0 Å². The second-order valence-electron chi connectivity index (χ2n) is 6.52. The number of hydrogen-bond acceptors (Lipinski definition) is 8.